The van der Waals surface area contributed by atoms with Crippen molar-refractivity contribution in [2.75, 3.05) is 31.5 Å². The van der Waals surface area contributed by atoms with Gasteiger partial charge in [-0.25, -0.2) is 0 Å². The average molecular weight is 454 g/mol. The standard InChI is InChI=1S/C26H27N7O/c34-26(29-21-5-6-28-22(13-21)17-33-9-2-10-33)25-23-12-19(3-4-24(23)30-31-25)20-11-18(14-27-15-20)16-32-7-1-8-32/h3-6,11-15H,1-2,7-10,16-17H2,(H,30,31)(H,28,29,34). The van der Waals surface area contributed by atoms with E-state index in [2.05, 4.69) is 41.3 Å². The van der Waals surface area contributed by atoms with Crippen LogP contribution in [0.1, 0.15) is 34.6 Å². The van der Waals surface area contributed by atoms with Gasteiger partial charge in [0.1, 0.15) is 0 Å². The van der Waals surface area contributed by atoms with Crippen molar-refractivity contribution in [2.24, 2.45) is 0 Å². The van der Waals surface area contributed by atoms with Gasteiger partial charge < -0.3 is 5.32 Å². The lowest BCUT2D eigenvalue weighted by molar-refractivity contribution is 0.102. The molecule has 2 saturated heterocycles. The van der Waals surface area contributed by atoms with Gasteiger partial charge >= 0.3 is 0 Å². The molecule has 0 spiro atoms. The smallest absolute Gasteiger partial charge is 0.276 e. The maximum Gasteiger partial charge on any atom is 0.276 e. The Labute approximate surface area is 198 Å². The highest BCUT2D eigenvalue weighted by Crippen LogP contribution is 2.27. The maximum atomic E-state index is 13.1. The number of anilines is 1. The van der Waals surface area contributed by atoms with Crippen LogP contribution in [-0.2, 0) is 13.1 Å². The highest BCUT2D eigenvalue weighted by molar-refractivity contribution is 6.11. The fraction of sp³-hybridized carbons (Fsp3) is 0.308. The third-order valence-electron chi connectivity index (χ3n) is 6.67. The van der Waals surface area contributed by atoms with Crippen molar-refractivity contribution >= 4 is 22.5 Å². The van der Waals surface area contributed by atoms with Gasteiger partial charge in [-0.15, -0.1) is 0 Å². The summed E-state index contributed by atoms with van der Waals surface area (Å²) in [6, 6.07) is 12.0. The Bertz CT molecular complexity index is 1340. The van der Waals surface area contributed by atoms with E-state index in [1.54, 1.807) is 6.20 Å². The van der Waals surface area contributed by atoms with Gasteiger partial charge in [0, 0.05) is 48.3 Å². The Morgan fingerprint density at radius 1 is 0.941 bits per heavy atom. The van der Waals surface area contributed by atoms with Crippen molar-refractivity contribution in [3.05, 3.63) is 71.9 Å². The van der Waals surface area contributed by atoms with Crippen LogP contribution >= 0.6 is 0 Å². The number of aromatic nitrogens is 4. The van der Waals surface area contributed by atoms with Gasteiger partial charge in [0.05, 0.1) is 11.2 Å². The molecule has 8 nitrogen and oxygen atoms in total. The Morgan fingerprint density at radius 3 is 2.56 bits per heavy atom. The number of benzene rings is 1. The minimum atomic E-state index is -0.242. The van der Waals surface area contributed by atoms with Crippen LogP contribution in [0.5, 0.6) is 0 Å². The van der Waals surface area contributed by atoms with Gasteiger partial charge in [-0.3, -0.25) is 29.7 Å². The molecule has 34 heavy (non-hydrogen) atoms. The Morgan fingerprint density at radius 2 is 1.76 bits per heavy atom. The molecule has 2 N–H and O–H groups in total. The lowest BCUT2D eigenvalue weighted by Crippen LogP contribution is -2.36. The van der Waals surface area contributed by atoms with Gasteiger partial charge in [-0.1, -0.05) is 6.07 Å². The first kappa shape index (κ1) is 20.9. The predicted molar refractivity (Wildman–Crippen MR) is 131 cm³/mol. The molecule has 4 aromatic rings. The van der Waals surface area contributed by atoms with Crippen LogP contribution in [0, 0.1) is 0 Å². The number of rotatable bonds is 7. The van der Waals surface area contributed by atoms with Crippen LogP contribution in [0.15, 0.2) is 55.0 Å². The van der Waals surface area contributed by atoms with Crippen LogP contribution < -0.4 is 5.32 Å². The minimum absolute atomic E-state index is 0.242. The molecule has 3 aromatic heterocycles. The third kappa shape index (κ3) is 4.30. The molecule has 0 radical (unpaired) electrons. The second-order valence-electron chi connectivity index (χ2n) is 9.16. The predicted octanol–water partition coefficient (Wildman–Crippen LogP) is 3.68. The molecule has 8 heteroatoms. The summed E-state index contributed by atoms with van der Waals surface area (Å²) in [6.07, 6.45) is 8.06. The SMILES string of the molecule is O=C(Nc1ccnc(CN2CCC2)c1)c1n[nH]c2ccc(-c3cncc(CN4CCC4)c3)cc12. The largest absolute Gasteiger partial charge is 0.320 e. The Kier molecular flexibility index (Phi) is 5.52. The highest BCUT2D eigenvalue weighted by Gasteiger charge is 2.18. The number of hydrogen-bond acceptors (Lipinski definition) is 6. The second kappa shape index (κ2) is 8.96. The number of amides is 1. The molecule has 5 heterocycles. The zero-order chi connectivity index (χ0) is 22.9. The number of nitrogens with zero attached hydrogens (tertiary/aromatic N) is 5. The van der Waals surface area contributed by atoms with Gasteiger partial charge in [-0.05, 0) is 80.5 Å². The number of carbonyl (C=O) groups is 1. The topological polar surface area (TPSA) is 90.0 Å². The van der Waals surface area contributed by atoms with Crippen LogP contribution in [0.4, 0.5) is 5.69 Å². The summed E-state index contributed by atoms with van der Waals surface area (Å²) in [7, 11) is 0. The van der Waals surface area contributed by atoms with E-state index < -0.39 is 0 Å². The van der Waals surface area contributed by atoms with E-state index in [9.17, 15) is 4.79 Å². The molecule has 0 aliphatic carbocycles. The zero-order valence-electron chi connectivity index (χ0n) is 19.0. The Hall–Kier alpha value is -3.62. The number of carbonyl (C=O) groups excluding carboxylic acids is 1. The van der Waals surface area contributed by atoms with Crippen molar-refractivity contribution in [3.8, 4) is 11.1 Å². The fourth-order valence-electron chi connectivity index (χ4n) is 4.50. The van der Waals surface area contributed by atoms with Gasteiger partial charge in [0.2, 0.25) is 0 Å². The molecular weight excluding hydrogens is 426 g/mol. The number of likely N-dealkylation sites (tertiary alicyclic amines) is 2. The molecular formula is C26H27N7O. The molecule has 0 unspecified atom stereocenters. The highest BCUT2D eigenvalue weighted by atomic mass is 16.1. The fourth-order valence-corrected chi connectivity index (χ4v) is 4.50. The first-order valence-electron chi connectivity index (χ1n) is 11.8. The molecule has 2 fully saturated rings. The van der Waals surface area contributed by atoms with Crippen LogP contribution in [0.2, 0.25) is 0 Å². The van der Waals surface area contributed by atoms with E-state index in [1.165, 1.54) is 18.4 Å². The molecule has 1 amide bonds. The quantitative estimate of drug-likeness (QED) is 0.444. The van der Waals surface area contributed by atoms with Crippen molar-refractivity contribution in [1.82, 2.24) is 30.0 Å². The summed E-state index contributed by atoms with van der Waals surface area (Å²) in [6.45, 7) is 6.26. The first-order valence-corrected chi connectivity index (χ1v) is 11.8. The van der Waals surface area contributed by atoms with Crippen LogP contribution in [-0.4, -0.2) is 62.1 Å². The van der Waals surface area contributed by atoms with E-state index in [0.29, 0.717) is 5.69 Å². The van der Waals surface area contributed by atoms with Gasteiger partial charge in [0.15, 0.2) is 5.69 Å². The number of H-pyrrole nitrogens is 1. The third-order valence-corrected chi connectivity index (χ3v) is 6.67. The van der Waals surface area contributed by atoms with Crippen LogP contribution in [0.25, 0.3) is 22.0 Å². The van der Waals surface area contributed by atoms with Crippen molar-refractivity contribution in [3.63, 3.8) is 0 Å². The van der Waals surface area contributed by atoms with E-state index in [0.717, 1.165) is 72.7 Å². The van der Waals surface area contributed by atoms with E-state index in [-0.39, 0.29) is 5.91 Å². The summed E-state index contributed by atoms with van der Waals surface area (Å²) in [5.41, 5.74) is 6.14. The summed E-state index contributed by atoms with van der Waals surface area (Å²) in [5.74, 6) is -0.242. The summed E-state index contributed by atoms with van der Waals surface area (Å²) in [4.78, 5) is 26.8. The Balaban J connectivity index is 1.23. The second-order valence-corrected chi connectivity index (χ2v) is 9.16. The molecule has 0 bridgehead atoms. The van der Waals surface area contributed by atoms with Crippen molar-refractivity contribution in [1.29, 1.82) is 0 Å². The summed E-state index contributed by atoms with van der Waals surface area (Å²) in [5, 5.41) is 11.1. The molecule has 2 aliphatic rings. The first-order chi connectivity index (χ1) is 16.7. The summed E-state index contributed by atoms with van der Waals surface area (Å²) >= 11 is 0. The number of aromatic amines is 1. The van der Waals surface area contributed by atoms with E-state index >= 15 is 0 Å². The molecule has 0 atom stereocenters. The monoisotopic (exact) mass is 453 g/mol. The zero-order valence-corrected chi connectivity index (χ0v) is 19.0. The number of hydrogen-bond donors (Lipinski definition) is 2. The lowest BCUT2D eigenvalue weighted by Gasteiger charge is -2.30. The molecule has 6 rings (SSSR count). The lowest BCUT2D eigenvalue weighted by atomic mass is 10.0. The molecule has 1 aromatic carbocycles. The molecule has 0 saturated carbocycles. The van der Waals surface area contributed by atoms with Gasteiger partial charge in [-0.2, -0.15) is 5.10 Å². The molecule has 2 aliphatic heterocycles. The van der Waals surface area contributed by atoms with E-state index in [4.69, 9.17) is 0 Å². The van der Waals surface area contributed by atoms with Gasteiger partial charge in [0.25, 0.3) is 5.91 Å². The average Bonchev–Trinajstić information content (AvgIpc) is 3.23. The number of nitrogens with one attached hydrogen (secondary N) is 2. The van der Waals surface area contributed by atoms with Crippen LogP contribution in [0.3, 0.4) is 0 Å². The van der Waals surface area contributed by atoms with Crippen molar-refractivity contribution in [2.45, 2.75) is 25.9 Å². The minimum Gasteiger partial charge on any atom is -0.320 e. The maximum absolute atomic E-state index is 13.1. The summed E-state index contributed by atoms with van der Waals surface area (Å²) < 4.78 is 0. The number of fused-ring (bicyclic) bond motifs is 1. The molecule has 172 valence electrons. The van der Waals surface area contributed by atoms with Crippen molar-refractivity contribution < 1.29 is 4.79 Å². The number of pyridine rings is 2. The van der Waals surface area contributed by atoms with E-state index in [1.807, 2.05) is 42.7 Å². The normalized spacial score (nSPS) is 16.2.